The van der Waals surface area contributed by atoms with E-state index in [1.807, 2.05) is 0 Å². The van der Waals surface area contributed by atoms with E-state index < -0.39 is 5.97 Å². The molecule has 1 atom stereocenters. The van der Waals surface area contributed by atoms with Crippen molar-refractivity contribution < 1.29 is 14.7 Å². The van der Waals surface area contributed by atoms with E-state index in [9.17, 15) is 9.59 Å². The van der Waals surface area contributed by atoms with Crippen LogP contribution in [-0.2, 0) is 4.79 Å². The fourth-order valence-corrected chi connectivity index (χ4v) is 2.40. The molecule has 94 valence electrons. The molecule has 2 rings (SSSR count). The Labute approximate surface area is 113 Å². The Morgan fingerprint density at radius 1 is 1.56 bits per heavy atom. The number of anilines is 1. The highest BCUT2D eigenvalue weighted by atomic mass is 79.9. The second-order valence-corrected chi connectivity index (χ2v) is 5.03. The van der Waals surface area contributed by atoms with Crippen molar-refractivity contribution in [3.8, 4) is 0 Å². The number of carboxylic acids is 1. The van der Waals surface area contributed by atoms with E-state index >= 15 is 0 Å². The van der Waals surface area contributed by atoms with E-state index in [4.69, 9.17) is 5.11 Å². The van der Waals surface area contributed by atoms with E-state index in [-0.39, 0.29) is 17.4 Å². The fraction of sp³-hybridized carbons (Fsp3) is 0.231. The molecule has 1 amide bonds. The number of hydrogen-bond donors (Lipinski definition) is 1. The predicted octanol–water partition coefficient (Wildman–Crippen LogP) is 2.69. The van der Waals surface area contributed by atoms with Crippen molar-refractivity contribution in [2.45, 2.75) is 6.42 Å². The average molecular weight is 310 g/mol. The van der Waals surface area contributed by atoms with Crippen LogP contribution >= 0.6 is 15.9 Å². The van der Waals surface area contributed by atoms with Gasteiger partial charge in [0.05, 0.1) is 5.56 Å². The number of nitrogens with zero attached hydrogens (tertiary/aromatic N) is 1. The van der Waals surface area contributed by atoms with Crippen LogP contribution in [0.1, 0.15) is 16.8 Å². The lowest BCUT2D eigenvalue weighted by atomic mass is 10.1. The zero-order chi connectivity index (χ0) is 13.3. The lowest BCUT2D eigenvalue weighted by Gasteiger charge is -2.17. The Morgan fingerprint density at radius 3 is 2.83 bits per heavy atom. The predicted molar refractivity (Wildman–Crippen MR) is 71.8 cm³/mol. The largest absolute Gasteiger partial charge is 0.478 e. The molecule has 1 heterocycles. The maximum Gasteiger partial charge on any atom is 0.336 e. The van der Waals surface area contributed by atoms with Gasteiger partial charge in [-0.25, -0.2) is 4.79 Å². The van der Waals surface area contributed by atoms with Crippen LogP contribution in [0.4, 0.5) is 5.69 Å². The third-order valence-corrected chi connectivity index (χ3v) is 3.67. The second-order valence-electron chi connectivity index (χ2n) is 4.17. The number of hydrogen-bond acceptors (Lipinski definition) is 2. The van der Waals surface area contributed by atoms with E-state index in [1.165, 1.54) is 6.07 Å². The standard InChI is InChI=1S/C13H12BrNO3/c1-2-8-5-12(16)15(7-8)9-3-4-11(14)10(6-9)13(17)18/h2-4,6,8H,1,5,7H2,(H,17,18). The first-order valence-electron chi connectivity index (χ1n) is 5.48. The van der Waals surface area contributed by atoms with Crippen LogP contribution in [0.25, 0.3) is 0 Å². The molecule has 1 fully saturated rings. The smallest absolute Gasteiger partial charge is 0.336 e. The van der Waals surface area contributed by atoms with Crippen molar-refractivity contribution in [2.24, 2.45) is 5.92 Å². The Morgan fingerprint density at radius 2 is 2.28 bits per heavy atom. The number of benzene rings is 1. The summed E-state index contributed by atoms with van der Waals surface area (Å²) < 4.78 is 0.505. The van der Waals surface area contributed by atoms with Crippen LogP contribution in [0.5, 0.6) is 0 Å². The maximum atomic E-state index is 11.8. The quantitative estimate of drug-likeness (QED) is 0.873. The lowest BCUT2D eigenvalue weighted by Crippen LogP contribution is -2.24. The number of carbonyl (C=O) groups excluding carboxylic acids is 1. The van der Waals surface area contributed by atoms with Gasteiger partial charge in [-0.1, -0.05) is 6.08 Å². The van der Waals surface area contributed by atoms with Crippen LogP contribution in [0.15, 0.2) is 35.3 Å². The lowest BCUT2D eigenvalue weighted by molar-refractivity contribution is -0.117. The van der Waals surface area contributed by atoms with Crippen molar-refractivity contribution in [1.82, 2.24) is 0 Å². The first kappa shape index (κ1) is 12.8. The molecule has 18 heavy (non-hydrogen) atoms. The van der Waals surface area contributed by atoms with Crippen LogP contribution in [-0.4, -0.2) is 23.5 Å². The summed E-state index contributed by atoms with van der Waals surface area (Å²) in [6, 6.07) is 4.89. The minimum atomic E-state index is -1.02. The van der Waals surface area contributed by atoms with E-state index in [0.717, 1.165) is 0 Å². The summed E-state index contributed by atoms with van der Waals surface area (Å²) in [5, 5.41) is 9.05. The van der Waals surface area contributed by atoms with Gasteiger partial charge in [0.2, 0.25) is 5.91 Å². The SMILES string of the molecule is C=CC1CC(=O)N(c2ccc(Br)c(C(=O)O)c2)C1. The molecule has 1 saturated heterocycles. The zero-order valence-electron chi connectivity index (χ0n) is 9.60. The monoisotopic (exact) mass is 309 g/mol. The van der Waals surface area contributed by atoms with Gasteiger partial charge in [-0.05, 0) is 34.1 Å². The van der Waals surface area contributed by atoms with Gasteiger partial charge < -0.3 is 10.0 Å². The van der Waals surface area contributed by atoms with Crippen LogP contribution in [0.3, 0.4) is 0 Å². The van der Waals surface area contributed by atoms with Crippen LogP contribution in [0.2, 0.25) is 0 Å². The van der Waals surface area contributed by atoms with Crippen molar-refractivity contribution >= 4 is 33.5 Å². The molecule has 1 N–H and O–H groups in total. The molecule has 0 saturated carbocycles. The van der Waals surface area contributed by atoms with Gasteiger partial charge in [-0.3, -0.25) is 4.79 Å². The summed E-state index contributed by atoms with van der Waals surface area (Å²) in [6.45, 7) is 4.24. The van der Waals surface area contributed by atoms with Crippen molar-refractivity contribution in [2.75, 3.05) is 11.4 Å². The molecule has 4 nitrogen and oxygen atoms in total. The van der Waals surface area contributed by atoms with E-state index in [0.29, 0.717) is 23.1 Å². The van der Waals surface area contributed by atoms with Crippen LogP contribution in [0, 0.1) is 5.92 Å². The highest BCUT2D eigenvalue weighted by molar-refractivity contribution is 9.10. The van der Waals surface area contributed by atoms with Gasteiger partial charge in [-0.15, -0.1) is 6.58 Å². The van der Waals surface area contributed by atoms with Gasteiger partial charge in [0.25, 0.3) is 0 Å². The minimum absolute atomic E-state index is 0.00133. The Hall–Kier alpha value is -1.62. The zero-order valence-corrected chi connectivity index (χ0v) is 11.2. The summed E-state index contributed by atoms with van der Waals surface area (Å²) >= 11 is 3.18. The first-order valence-corrected chi connectivity index (χ1v) is 6.28. The molecule has 0 bridgehead atoms. The summed E-state index contributed by atoms with van der Waals surface area (Å²) in [7, 11) is 0. The van der Waals surface area contributed by atoms with Gasteiger partial charge >= 0.3 is 5.97 Å². The number of carboxylic acid groups (broad SMARTS) is 1. The third-order valence-electron chi connectivity index (χ3n) is 2.98. The summed E-state index contributed by atoms with van der Waals surface area (Å²) in [4.78, 5) is 24.5. The Balaban J connectivity index is 2.35. The topological polar surface area (TPSA) is 57.6 Å². The number of aromatic carboxylic acids is 1. The average Bonchev–Trinajstić information content (AvgIpc) is 2.71. The highest BCUT2D eigenvalue weighted by Crippen LogP contribution is 2.29. The van der Waals surface area contributed by atoms with Crippen molar-refractivity contribution in [3.05, 3.63) is 40.9 Å². The van der Waals surface area contributed by atoms with Gasteiger partial charge in [0, 0.05) is 29.0 Å². The van der Waals surface area contributed by atoms with E-state index in [2.05, 4.69) is 22.5 Å². The molecule has 0 aromatic heterocycles. The molecule has 0 spiro atoms. The molecular weight excluding hydrogens is 298 g/mol. The van der Waals surface area contributed by atoms with E-state index in [1.54, 1.807) is 23.1 Å². The second kappa shape index (κ2) is 4.94. The molecule has 5 heteroatoms. The molecule has 1 unspecified atom stereocenters. The number of amides is 1. The Kier molecular flexibility index (Phi) is 3.52. The minimum Gasteiger partial charge on any atom is -0.478 e. The molecule has 0 aliphatic carbocycles. The molecule has 1 aliphatic heterocycles. The molecular formula is C13H12BrNO3. The van der Waals surface area contributed by atoms with Gasteiger partial charge in [-0.2, -0.15) is 0 Å². The maximum absolute atomic E-state index is 11.8. The number of carbonyl (C=O) groups is 2. The normalized spacial score (nSPS) is 19.1. The number of halogens is 1. The summed E-state index contributed by atoms with van der Waals surface area (Å²) in [5.41, 5.74) is 0.771. The Bertz CT molecular complexity index is 527. The van der Waals surface area contributed by atoms with Crippen molar-refractivity contribution in [3.63, 3.8) is 0 Å². The molecule has 0 radical (unpaired) electrons. The number of rotatable bonds is 3. The van der Waals surface area contributed by atoms with Crippen molar-refractivity contribution in [1.29, 1.82) is 0 Å². The van der Waals surface area contributed by atoms with Gasteiger partial charge in [0.1, 0.15) is 0 Å². The summed E-state index contributed by atoms with van der Waals surface area (Å²) in [6.07, 6.45) is 2.19. The molecule has 1 aliphatic rings. The van der Waals surface area contributed by atoms with Crippen LogP contribution < -0.4 is 4.90 Å². The highest BCUT2D eigenvalue weighted by Gasteiger charge is 2.29. The fourth-order valence-electron chi connectivity index (χ4n) is 1.99. The molecule has 1 aromatic carbocycles. The summed E-state index contributed by atoms with van der Waals surface area (Å²) in [5.74, 6) is -0.886. The molecule has 1 aromatic rings. The first-order chi connectivity index (χ1) is 8.52. The third kappa shape index (κ3) is 2.31. The van der Waals surface area contributed by atoms with Gasteiger partial charge in [0.15, 0.2) is 0 Å².